The van der Waals surface area contributed by atoms with Crippen molar-refractivity contribution in [3.63, 3.8) is 0 Å². The van der Waals surface area contributed by atoms with Gasteiger partial charge >= 0.3 is 0 Å². The highest BCUT2D eigenvalue weighted by Crippen LogP contribution is 2.33. The Bertz CT molecular complexity index is 1030. The maximum atomic E-state index is 12.6. The van der Waals surface area contributed by atoms with Gasteiger partial charge in [-0.25, -0.2) is 8.42 Å². The molecule has 0 saturated carbocycles. The van der Waals surface area contributed by atoms with Crippen LogP contribution >= 0.6 is 11.3 Å². The number of rotatable bonds is 5. The molecule has 0 unspecified atom stereocenters. The van der Waals surface area contributed by atoms with E-state index in [2.05, 4.69) is 0 Å². The minimum Gasteiger partial charge on any atom is -0.456 e. The van der Waals surface area contributed by atoms with Crippen LogP contribution in [0.15, 0.2) is 81.9 Å². The quantitative estimate of drug-likeness (QED) is 0.603. The molecule has 0 aliphatic rings. The van der Waals surface area contributed by atoms with Gasteiger partial charge in [-0.1, -0.05) is 36.4 Å². The van der Waals surface area contributed by atoms with Gasteiger partial charge in [-0.05, 0) is 41.8 Å². The highest BCUT2D eigenvalue weighted by molar-refractivity contribution is 7.95. The van der Waals surface area contributed by atoms with E-state index in [4.69, 9.17) is 4.74 Å². The van der Waals surface area contributed by atoms with Crippen LogP contribution in [0.4, 0.5) is 0 Å². The van der Waals surface area contributed by atoms with E-state index in [0.29, 0.717) is 16.4 Å². The van der Waals surface area contributed by atoms with Gasteiger partial charge in [0.15, 0.2) is 4.91 Å². The molecule has 0 aliphatic carbocycles. The summed E-state index contributed by atoms with van der Waals surface area (Å²) in [7, 11) is -3.87. The summed E-state index contributed by atoms with van der Waals surface area (Å²) in [6.07, 6.45) is 1.35. The third-order valence-electron chi connectivity index (χ3n) is 3.34. The number of thiophene rings is 1. The first kappa shape index (κ1) is 17.0. The molecule has 0 spiro atoms. The van der Waals surface area contributed by atoms with Crippen LogP contribution < -0.4 is 4.74 Å². The molecule has 1 heterocycles. The second-order valence-electron chi connectivity index (χ2n) is 5.00. The Hall–Kier alpha value is -2.88. The number of hydrogen-bond acceptors (Lipinski definition) is 5. The van der Waals surface area contributed by atoms with E-state index in [0.717, 1.165) is 0 Å². The summed E-state index contributed by atoms with van der Waals surface area (Å²) in [5.74, 6) is 1.15. The summed E-state index contributed by atoms with van der Waals surface area (Å²) in [6, 6.07) is 20.6. The van der Waals surface area contributed by atoms with Crippen molar-refractivity contribution in [2.75, 3.05) is 0 Å². The number of ether oxygens (including phenoxy) is 1. The van der Waals surface area contributed by atoms with Crippen molar-refractivity contribution in [2.24, 2.45) is 0 Å². The molecule has 0 fully saturated rings. The standard InChI is InChI=1S/C19H13NO3S2/c20-14-17(25(21,22)16-9-5-2-6-10-16)13-19-18(11-12-24-19)23-15-7-3-1-4-8-15/h1-13H/b17-13+. The second-order valence-corrected chi connectivity index (χ2v) is 7.87. The molecule has 6 heteroatoms. The molecule has 3 rings (SSSR count). The summed E-state index contributed by atoms with van der Waals surface area (Å²) >= 11 is 1.31. The SMILES string of the molecule is N#C/C(=C\c1sccc1Oc1ccccc1)S(=O)(=O)c1ccccc1. The smallest absolute Gasteiger partial charge is 0.216 e. The molecule has 0 amide bonds. The van der Waals surface area contributed by atoms with Gasteiger partial charge in [0, 0.05) is 0 Å². The van der Waals surface area contributed by atoms with Crippen molar-refractivity contribution >= 4 is 27.3 Å². The van der Waals surface area contributed by atoms with Crippen molar-refractivity contribution in [3.05, 3.63) is 81.9 Å². The summed E-state index contributed by atoms with van der Waals surface area (Å²) in [5.41, 5.74) is 0. The number of benzene rings is 2. The van der Waals surface area contributed by atoms with E-state index in [-0.39, 0.29) is 9.80 Å². The van der Waals surface area contributed by atoms with Crippen LogP contribution in [-0.4, -0.2) is 8.42 Å². The number of nitrogens with zero attached hydrogens (tertiary/aromatic N) is 1. The summed E-state index contributed by atoms with van der Waals surface area (Å²) in [4.78, 5) is 0.337. The number of sulfone groups is 1. The largest absolute Gasteiger partial charge is 0.456 e. The normalized spacial score (nSPS) is 11.7. The molecule has 124 valence electrons. The Morgan fingerprint density at radius 2 is 1.64 bits per heavy atom. The van der Waals surface area contributed by atoms with Crippen LogP contribution in [0.1, 0.15) is 4.88 Å². The van der Waals surface area contributed by atoms with Gasteiger partial charge in [0.05, 0.1) is 9.77 Å². The van der Waals surface area contributed by atoms with E-state index in [1.165, 1.54) is 29.5 Å². The van der Waals surface area contributed by atoms with Crippen LogP contribution in [0.3, 0.4) is 0 Å². The van der Waals surface area contributed by atoms with Gasteiger partial charge in [0.2, 0.25) is 9.84 Å². The lowest BCUT2D eigenvalue weighted by Crippen LogP contribution is -2.03. The Labute approximate surface area is 150 Å². The van der Waals surface area contributed by atoms with Gasteiger partial charge in [0.1, 0.15) is 17.6 Å². The second kappa shape index (κ2) is 7.34. The molecule has 1 aromatic heterocycles. The van der Waals surface area contributed by atoms with Crippen molar-refractivity contribution in [1.29, 1.82) is 5.26 Å². The van der Waals surface area contributed by atoms with Crippen molar-refractivity contribution < 1.29 is 13.2 Å². The molecule has 0 bridgehead atoms. The van der Waals surface area contributed by atoms with Crippen LogP contribution in [0, 0.1) is 11.3 Å². The molecule has 25 heavy (non-hydrogen) atoms. The zero-order chi connectivity index (χ0) is 17.7. The van der Waals surface area contributed by atoms with Crippen molar-refractivity contribution in [3.8, 4) is 17.6 Å². The Balaban J connectivity index is 1.97. The first-order chi connectivity index (χ1) is 12.1. The molecular weight excluding hydrogens is 354 g/mol. The lowest BCUT2D eigenvalue weighted by molar-refractivity contribution is 0.484. The lowest BCUT2D eigenvalue weighted by atomic mass is 10.3. The average Bonchev–Trinajstić information content (AvgIpc) is 3.08. The topological polar surface area (TPSA) is 67.2 Å². The predicted octanol–water partition coefficient (Wildman–Crippen LogP) is 4.88. The Morgan fingerprint density at radius 3 is 2.28 bits per heavy atom. The first-order valence-electron chi connectivity index (χ1n) is 7.33. The zero-order valence-corrected chi connectivity index (χ0v) is 14.6. The summed E-state index contributed by atoms with van der Waals surface area (Å²) in [6.45, 7) is 0. The molecule has 2 aromatic carbocycles. The maximum absolute atomic E-state index is 12.6. The number of hydrogen-bond donors (Lipinski definition) is 0. The first-order valence-corrected chi connectivity index (χ1v) is 9.70. The minimum atomic E-state index is -3.87. The average molecular weight is 367 g/mol. The maximum Gasteiger partial charge on any atom is 0.216 e. The zero-order valence-electron chi connectivity index (χ0n) is 13.0. The van der Waals surface area contributed by atoms with E-state index in [1.807, 2.05) is 18.2 Å². The van der Waals surface area contributed by atoms with Gasteiger partial charge < -0.3 is 4.74 Å². The number of nitriles is 1. The van der Waals surface area contributed by atoms with Gasteiger partial charge in [-0.2, -0.15) is 5.26 Å². The molecule has 4 nitrogen and oxygen atoms in total. The number of allylic oxidation sites excluding steroid dienone is 1. The van der Waals surface area contributed by atoms with E-state index >= 15 is 0 Å². The third-order valence-corrected chi connectivity index (χ3v) is 5.87. The fraction of sp³-hybridized carbons (Fsp3) is 0. The van der Waals surface area contributed by atoms with Crippen LogP contribution in [0.25, 0.3) is 6.08 Å². The highest BCUT2D eigenvalue weighted by Gasteiger charge is 2.21. The molecule has 3 aromatic rings. The monoisotopic (exact) mass is 367 g/mol. The number of para-hydroxylation sites is 1. The van der Waals surface area contributed by atoms with E-state index < -0.39 is 9.84 Å². The Kier molecular flexibility index (Phi) is 4.98. The van der Waals surface area contributed by atoms with Gasteiger partial charge in [-0.15, -0.1) is 11.3 Å². The molecule has 0 aliphatic heterocycles. The van der Waals surface area contributed by atoms with Gasteiger partial charge in [-0.3, -0.25) is 0 Å². The van der Waals surface area contributed by atoms with Gasteiger partial charge in [0.25, 0.3) is 0 Å². The van der Waals surface area contributed by atoms with Crippen LogP contribution in [0.5, 0.6) is 11.5 Å². The molecule has 0 saturated heterocycles. The molecule has 0 atom stereocenters. The van der Waals surface area contributed by atoms with Crippen LogP contribution in [0.2, 0.25) is 0 Å². The molecular formula is C19H13NO3S2. The molecule has 0 N–H and O–H groups in total. The minimum absolute atomic E-state index is 0.0879. The van der Waals surface area contributed by atoms with E-state index in [9.17, 15) is 13.7 Å². The summed E-state index contributed by atoms with van der Waals surface area (Å²) < 4.78 is 31.0. The highest BCUT2D eigenvalue weighted by atomic mass is 32.2. The Morgan fingerprint density at radius 1 is 1.00 bits per heavy atom. The summed E-state index contributed by atoms with van der Waals surface area (Å²) in [5, 5.41) is 11.2. The molecule has 0 radical (unpaired) electrons. The van der Waals surface area contributed by atoms with Crippen molar-refractivity contribution in [1.82, 2.24) is 0 Å². The lowest BCUT2D eigenvalue weighted by Gasteiger charge is -2.05. The van der Waals surface area contributed by atoms with Crippen molar-refractivity contribution in [2.45, 2.75) is 4.90 Å². The van der Waals surface area contributed by atoms with E-state index in [1.54, 1.807) is 47.8 Å². The predicted molar refractivity (Wildman–Crippen MR) is 98.1 cm³/mol. The third kappa shape index (κ3) is 3.79. The fourth-order valence-corrected chi connectivity index (χ4v) is 4.12. The fourth-order valence-electron chi connectivity index (χ4n) is 2.13. The van der Waals surface area contributed by atoms with Crippen LogP contribution in [-0.2, 0) is 9.84 Å².